The number of carbonyl (C=O) groups is 1. The molecule has 2 rings (SSSR count). The Morgan fingerprint density at radius 2 is 2.00 bits per heavy atom. The predicted molar refractivity (Wildman–Crippen MR) is 71.6 cm³/mol. The Bertz CT molecular complexity index is 505. The van der Waals surface area contributed by atoms with Crippen LogP contribution in [0.2, 0.25) is 0 Å². The molecule has 0 fully saturated rings. The average Bonchev–Trinajstić information content (AvgIpc) is 2.77. The number of H-pyrrole nitrogens is 1. The first-order chi connectivity index (χ1) is 8.15. The molecule has 4 nitrogen and oxygen atoms in total. The van der Waals surface area contributed by atoms with Crippen molar-refractivity contribution in [2.75, 3.05) is 0 Å². The number of aromatic nitrogens is 2. The van der Waals surface area contributed by atoms with Crippen molar-refractivity contribution in [3.8, 4) is 0 Å². The molecule has 1 amide bonds. The van der Waals surface area contributed by atoms with Crippen molar-refractivity contribution < 1.29 is 4.79 Å². The fourth-order valence-corrected chi connectivity index (χ4v) is 2.64. The number of halogens is 2. The minimum atomic E-state index is -0.124. The van der Waals surface area contributed by atoms with Crippen molar-refractivity contribution >= 4 is 37.8 Å². The van der Waals surface area contributed by atoms with Crippen LogP contribution < -0.4 is 5.32 Å². The molecule has 0 aliphatic heterocycles. The summed E-state index contributed by atoms with van der Waals surface area (Å²) in [6.07, 6.45) is 3.26. The third-order valence-electron chi connectivity index (χ3n) is 2.12. The molecule has 1 heterocycles. The van der Waals surface area contributed by atoms with Gasteiger partial charge in [0, 0.05) is 20.7 Å². The summed E-state index contributed by atoms with van der Waals surface area (Å²) < 4.78 is 1.72. The highest BCUT2D eigenvalue weighted by molar-refractivity contribution is 9.11. The van der Waals surface area contributed by atoms with Crippen LogP contribution in [-0.4, -0.2) is 15.9 Å². The molecule has 0 radical (unpaired) electrons. The maximum atomic E-state index is 11.9. The van der Waals surface area contributed by atoms with E-state index in [9.17, 15) is 4.79 Å². The van der Waals surface area contributed by atoms with E-state index < -0.39 is 0 Å². The lowest BCUT2D eigenvalue weighted by atomic mass is 10.2. The SMILES string of the molecule is O=C(NCc1cnc[nH]1)c1cc(Br)cc(Br)c1. The third-order valence-corrected chi connectivity index (χ3v) is 3.03. The first kappa shape index (κ1) is 12.3. The van der Waals surface area contributed by atoms with Crippen molar-refractivity contribution in [2.24, 2.45) is 0 Å². The molecule has 0 saturated carbocycles. The van der Waals surface area contributed by atoms with Crippen LogP contribution >= 0.6 is 31.9 Å². The Hall–Kier alpha value is -1.14. The number of carbonyl (C=O) groups excluding carboxylic acids is 1. The molecular weight excluding hydrogens is 350 g/mol. The molecule has 1 aromatic heterocycles. The first-order valence-corrected chi connectivity index (χ1v) is 6.45. The summed E-state index contributed by atoms with van der Waals surface area (Å²) in [6, 6.07) is 5.42. The van der Waals surface area contributed by atoms with Gasteiger partial charge in [-0.2, -0.15) is 0 Å². The Balaban J connectivity index is 2.04. The molecule has 2 N–H and O–H groups in total. The van der Waals surface area contributed by atoms with Gasteiger partial charge in [0.15, 0.2) is 0 Å². The molecule has 0 atom stereocenters. The number of amides is 1. The topological polar surface area (TPSA) is 57.8 Å². The van der Waals surface area contributed by atoms with E-state index in [1.54, 1.807) is 24.7 Å². The number of hydrogen-bond acceptors (Lipinski definition) is 2. The van der Waals surface area contributed by atoms with Gasteiger partial charge in [0.1, 0.15) is 0 Å². The minimum absolute atomic E-state index is 0.124. The lowest BCUT2D eigenvalue weighted by molar-refractivity contribution is 0.0950. The van der Waals surface area contributed by atoms with Crippen LogP contribution in [0.15, 0.2) is 39.7 Å². The van der Waals surface area contributed by atoms with Gasteiger partial charge in [-0.3, -0.25) is 4.79 Å². The average molecular weight is 359 g/mol. The molecule has 17 heavy (non-hydrogen) atoms. The number of imidazole rings is 1. The normalized spacial score (nSPS) is 10.2. The lowest BCUT2D eigenvalue weighted by Crippen LogP contribution is -2.22. The van der Waals surface area contributed by atoms with E-state index in [1.807, 2.05) is 6.07 Å². The Labute approximate surface area is 115 Å². The molecule has 88 valence electrons. The van der Waals surface area contributed by atoms with Gasteiger partial charge in [0.25, 0.3) is 5.91 Å². The van der Waals surface area contributed by atoms with Gasteiger partial charge in [-0.05, 0) is 18.2 Å². The van der Waals surface area contributed by atoms with Gasteiger partial charge in [0.05, 0.1) is 18.6 Å². The number of benzene rings is 1. The van der Waals surface area contributed by atoms with Gasteiger partial charge in [0.2, 0.25) is 0 Å². The van der Waals surface area contributed by atoms with Crippen molar-refractivity contribution in [3.63, 3.8) is 0 Å². The van der Waals surface area contributed by atoms with E-state index in [1.165, 1.54) is 0 Å². The molecule has 1 aromatic carbocycles. The summed E-state index contributed by atoms with van der Waals surface area (Å²) in [6.45, 7) is 0.433. The van der Waals surface area contributed by atoms with E-state index in [4.69, 9.17) is 0 Å². The highest BCUT2D eigenvalue weighted by Gasteiger charge is 2.07. The summed E-state index contributed by atoms with van der Waals surface area (Å²) in [5.41, 5.74) is 1.47. The smallest absolute Gasteiger partial charge is 0.251 e. The van der Waals surface area contributed by atoms with E-state index in [0.29, 0.717) is 12.1 Å². The summed E-state index contributed by atoms with van der Waals surface area (Å²) in [5, 5.41) is 2.80. The van der Waals surface area contributed by atoms with E-state index in [2.05, 4.69) is 47.1 Å². The second kappa shape index (κ2) is 5.46. The van der Waals surface area contributed by atoms with Crippen LogP contribution in [0.5, 0.6) is 0 Å². The molecule has 0 aliphatic carbocycles. The van der Waals surface area contributed by atoms with Crippen LogP contribution in [0.3, 0.4) is 0 Å². The fourth-order valence-electron chi connectivity index (χ4n) is 1.34. The maximum absolute atomic E-state index is 11.9. The standard InChI is InChI=1S/C11H9Br2N3O/c12-8-1-7(2-9(13)3-8)11(17)15-5-10-4-14-6-16-10/h1-4,6H,5H2,(H,14,16)(H,15,17). The number of nitrogens with zero attached hydrogens (tertiary/aromatic N) is 1. The van der Waals surface area contributed by atoms with Crippen molar-refractivity contribution in [2.45, 2.75) is 6.54 Å². The van der Waals surface area contributed by atoms with Crippen molar-refractivity contribution in [1.82, 2.24) is 15.3 Å². The molecule has 0 unspecified atom stereocenters. The van der Waals surface area contributed by atoms with E-state index >= 15 is 0 Å². The first-order valence-electron chi connectivity index (χ1n) is 4.86. The van der Waals surface area contributed by atoms with E-state index in [0.717, 1.165) is 14.6 Å². The zero-order valence-corrected chi connectivity index (χ0v) is 11.9. The van der Waals surface area contributed by atoms with Gasteiger partial charge >= 0.3 is 0 Å². The largest absolute Gasteiger partial charge is 0.347 e. The number of hydrogen-bond donors (Lipinski definition) is 2. The van der Waals surface area contributed by atoms with Crippen LogP contribution in [0, 0.1) is 0 Å². The van der Waals surface area contributed by atoms with E-state index in [-0.39, 0.29) is 5.91 Å². The molecule has 2 aromatic rings. The maximum Gasteiger partial charge on any atom is 0.251 e. The quantitative estimate of drug-likeness (QED) is 0.886. The van der Waals surface area contributed by atoms with Gasteiger partial charge < -0.3 is 10.3 Å². The number of aromatic amines is 1. The monoisotopic (exact) mass is 357 g/mol. The Morgan fingerprint density at radius 1 is 1.29 bits per heavy atom. The van der Waals surface area contributed by atoms with Crippen molar-refractivity contribution in [1.29, 1.82) is 0 Å². The molecule has 0 saturated heterocycles. The summed E-state index contributed by atoms with van der Waals surface area (Å²) in [5.74, 6) is -0.124. The van der Waals surface area contributed by atoms with Crippen molar-refractivity contribution in [3.05, 3.63) is 50.9 Å². The zero-order valence-electron chi connectivity index (χ0n) is 8.71. The molecule has 0 aliphatic rings. The molecule has 6 heteroatoms. The highest BCUT2D eigenvalue weighted by Crippen LogP contribution is 2.20. The molecule has 0 spiro atoms. The summed E-state index contributed by atoms with van der Waals surface area (Å²) >= 11 is 6.69. The zero-order chi connectivity index (χ0) is 12.3. The van der Waals surface area contributed by atoms with Crippen LogP contribution in [0.25, 0.3) is 0 Å². The Morgan fingerprint density at radius 3 is 2.59 bits per heavy atom. The van der Waals surface area contributed by atoms with Gasteiger partial charge in [-0.1, -0.05) is 31.9 Å². The number of nitrogens with one attached hydrogen (secondary N) is 2. The fraction of sp³-hybridized carbons (Fsp3) is 0.0909. The number of rotatable bonds is 3. The molecular formula is C11H9Br2N3O. The van der Waals surface area contributed by atoms with Crippen LogP contribution in [0.1, 0.15) is 16.1 Å². The lowest BCUT2D eigenvalue weighted by Gasteiger charge is -2.05. The predicted octanol–water partition coefficient (Wildman–Crippen LogP) is 2.86. The summed E-state index contributed by atoms with van der Waals surface area (Å²) in [4.78, 5) is 18.7. The highest BCUT2D eigenvalue weighted by atomic mass is 79.9. The second-order valence-electron chi connectivity index (χ2n) is 3.42. The minimum Gasteiger partial charge on any atom is -0.347 e. The van der Waals surface area contributed by atoms with Gasteiger partial charge in [-0.15, -0.1) is 0 Å². The van der Waals surface area contributed by atoms with Gasteiger partial charge in [-0.25, -0.2) is 4.98 Å². The van der Waals surface area contributed by atoms with Crippen LogP contribution in [-0.2, 0) is 6.54 Å². The summed E-state index contributed by atoms with van der Waals surface area (Å²) in [7, 11) is 0. The second-order valence-corrected chi connectivity index (χ2v) is 5.25. The molecule has 0 bridgehead atoms. The third kappa shape index (κ3) is 3.41. The van der Waals surface area contributed by atoms with Crippen LogP contribution in [0.4, 0.5) is 0 Å². The Kier molecular flexibility index (Phi) is 3.96.